The number of rotatable bonds is 3. The zero-order valence-electron chi connectivity index (χ0n) is 12.4. The van der Waals surface area contributed by atoms with Gasteiger partial charge in [-0.05, 0) is 19.0 Å². The summed E-state index contributed by atoms with van der Waals surface area (Å²) in [5.41, 5.74) is 0.583. The quantitative estimate of drug-likeness (QED) is 0.770. The summed E-state index contributed by atoms with van der Waals surface area (Å²) in [6.07, 6.45) is 3.07. The number of nitrogens with zero attached hydrogens (tertiary/aromatic N) is 3. The molecule has 2 saturated heterocycles. The molecule has 0 aliphatic carbocycles. The molecule has 112 valence electrons. The lowest BCUT2D eigenvalue weighted by Crippen LogP contribution is -2.59. The third kappa shape index (κ3) is 2.42. The molecule has 0 unspecified atom stereocenters. The second-order valence-electron chi connectivity index (χ2n) is 6.24. The Morgan fingerprint density at radius 2 is 2.14 bits per heavy atom. The van der Waals surface area contributed by atoms with Crippen molar-refractivity contribution in [1.29, 1.82) is 0 Å². The lowest BCUT2D eigenvalue weighted by molar-refractivity contribution is 0.0104. The topological polar surface area (TPSA) is 45.6 Å². The van der Waals surface area contributed by atoms with Crippen molar-refractivity contribution in [3.8, 4) is 0 Å². The summed E-state index contributed by atoms with van der Waals surface area (Å²) in [4.78, 5) is 28.3. The van der Waals surface area contributed by atoms with E-state index in [-0.39, 0.29) is 16.9 Å². The van der Waals surface area contributed by atoms with Gasteiger partial charge in [-0.2, -0.15) is 0 Å². The standard InChI is InChI=1S/C16H21N3O2/c1-3-8-18-9-7-16(10-18)11-19(12-16)15(21)13-5-4-6-14(20)17(13)2/h3-6H,1,7-12H2,2H3. The Kier molecular flexibility index (Phi) is 3.45. The predicted molar refractivity (Wildman–Crippen MR) is 81.3 cm³/mol. The minimum atomic E-state index is -0.144. The first kappa shape index (κ1) is 14.1. The van der Waals surface area contributed by atoms with E-state index < -0.39 is 0 Å². The Balaban J connectivity index is 1.66. The van der Waals surface area contributed by atoms with Crippen LogP contribution in [0.4, 0.5) is 0 Å². The first-order valence-electron chi connectivity index (χ1n) is 7.33. The summed E-state index contributed by atoms with van der Waals surface area (Å²) in [5.74, 6) is -0.0389. The molecule has 3 heterocycles. The summed E-state index contributed by atoms with van der Waals surface area (Å²) in [7, 11) is 1.65. The van der Waals surface area contributed by atoms with Crippen LogP contribution in [0, 0.1) is 5.41 Å². The first-order chi connectivity index (χ1) is 10.0. The molecule has 5 heteroatoms. The molecule has 1 aromatic rings. The Hall–Kier alpha value is -1.88. The summed E-state index contributed by atoms with van der Waals surface area (Å²) < 4.78 is 1.42. The number of hydrogen-bond donors (Lipinski definition) is 0. The van der Waals surface area contributed by atoms with E-state index in [2.05, 4.69) is 11.5 Å². The van der Waals surface area contributed by atoms with Gasteiger partial charge in [0.2, 0.25) is 0 Å². The van der Waals surface area contributed by atoms with E-state index in [9.17, 15) is 9.59 Å². The highest BCUT2D eigenvalue weighted by Gasteiger charge is 2.49. The molecular weight excluding hydrogens is 266 g/mol. The van der Waals surface area contributed by atoms with Crippen LogP contribution in [0.1, 0.15) is 16.9 Å². The van der Waals surface area contributed by atoms with E-state index in [1.165, 1.54) is 10.6 Å². The van der Waals surface area contributed by atoms with Crippen molar-refractivity contribution >= 4 is 5.91 Å². The fourth-order valence-corrected chi connectivity index (χ4v) is 3.47. The molecule has 2 aliphatic rings. The number of carbonyl (C=O) groups excluding carboxylic acids is 1. The first-order valence-corrected chi connectivity index (χ1v) is 7.33. The molecule has 1 aromatic heterocycles. The van der Waals surface area contributed by atoms with E-state index in [4.69, 9.17) is 0 Å². The number of carbonyl (C=O) groups is 1. The predicted octanol–water partition coefficient (Wildman–Crippen LogP) is 0.719. The third-order valence-electron chi connectivity index (χ3n) is 4.65. The van der Waals surface area contributed by atoms with Gasteiger partial charge in [0.25, 0.3) is 11.5 Å². The van der Waals surface area contributed by atoms with E-state index >= 15 is 0 Å². The smallest absolute Gasteiger partial charge is 0.270 e. The number of aromatic nitrogens is 1. The molecule has 21 heavy (non-hydrogen) atoms. The molecule has 0 bridgehead atoms. The van der Waals surface area contributed by atoms with Gasteiger partial charge in [0.15, 0.2) is 0 Å². The largest absolute Gasteiger partial charge is 0.336 e. The van der Waals surface area contributed by atoms with Gasteiger partial charge < -0.3 is 9.47 Å². The van der Waals surface area contributed by atoms with Gasteiger partial charge in [-0.25, -0.2) is 0 Å². The van der Waals surface area contributed by atoms with E-state index in [1.807, 2.05) is 11.0 Å². The minimum absolute atomic E-state index is 0.0389. The van der Waals surface area contributed by atoms with Gasteiger partial charge in [-0.3, -0.25) is 14.5 Å². The van der Waals surface area contributed by atoms with Crippen molar-refractivity contribution in [1.82, 2.24) is 14.4 Å². The summed E-state index contributed by atoms with van der Waals surface area (Å²) in [6, 6.07) is 4.83. The molecule has 5 nitrogen and oxygen atoms in total. The minimum Gasteiger partial charge on any atom is -0.336 e. The molecule has 2 fully saturated rings. The van der Waals surface area contributed by atoms with Crippen LogP contribution in [0.2, 0.25) is 0 Å². The van der Waals surface area contributed by atoms with Crippen LogP contribution in [-0.2, 0) is 7.05 Å². The second-order valence-corrected chi connectivity index (χ2v) is 6.24. The van der Waals surface area contributed by atoms with Crippen LogP contribution in [0.5, 0.6) is 0 Å². The zero-order chi connectivity index (χ0) is 15.0. The zero-order valence-corrected chi connectivity index (χ0v) is 12.4. The number of hydrogen-bond acceptors (Lipinski definition) is 3. The average molecular weight is 287 g/mol. The van der Waals surface area contributed by atoms with Crippen molar-refractivity contribution in [2.24, 2.45) is 12.5 Å². The van der Waals surface area contributed by atoms with E-state index in [0.29, 0.717) is 5.69 Å². The number of amides is 1. The maximum absolute atomic E-state index is 12.5. The summed E-state index contributed by atoms with van der Waals surface area (Å²) >= 11 is 0. The fourth-order valence-electron chi connectivity index (χ4n) is 3.47. The molecule has 2 aliphatic heterocycles. The van der Waals surface area contributed by atoms with Gasteiger partial charge in [-0.15, -0.1) is 6.58 Å². The SMILES string of the molecule is C=CCN1CCC2(C1)CN(C(=O)c1cccc(=O)n1C)C2. The highest BCUT2D eigenvalue weighted by molar-refractivity contribution is 5.93. The molecule has 0 N–H and O–H groups in total. The van der Waals surface area contributed by atoms with Gasteiger partial charge in [0.05, 0.1) is 0 Å². The molecule has 0 radical (unpaired) electrons. The molecule has 0 aromatic carbocycles. The van der Waals surface area contributed by atoms with E-state index in [0.717, 1.165) is 39.1 Å². The molecule has 3 rings (SSSR count). The molecular formula is C16H21N3O2. The summed E-state index contributed by atoms with van der Waals surface area (Å²) in [6.45, 7) is 8.41. The van der Waals surface area contributed by atoms with Crippen molar-refractivity contribution in [2.45, 2.75) is 6.42 Å². The lowest BCUT2D eigenvalue weighted by atomic mass is 9.79. The molecule has 0 saturated carbocycles. The molecule has 0 atom stereocenters. The molecule has 1 spiro atoms. The van der Waals surface area contributed by atoms with Crippen LogP contribution in [0.25, 0.3) is 0 Å². The molecule has 1 amide bonds. The van der Waals surface area contributed by atoms with Gasteiger partial charge in [-0.1, -0.05) is 12.1 Å². The van der Waals surface area contributed by atoms with Gasteiger partial charge in [0, 0.05) is 44.7 Å². The highest BCUT2D eigenvalue weighted by Crippen LogP contribution is 2.39. The van der Waals surface area contributed by atoms with Crippen LogP contribution >= 0.6 is 0 Å². The Morgan fingerprint density at radius 1 is 1.38 bits per heavy atom. The van der Waals surface area contributed by atoms with Gasteiger partial charge in [0.1, 0.15) is 5.69 Å². The van der Waals surface area contributed by atoms with Crippen molar-refractivity contribution < 1.29 is 4.79 Å². The van der Waals surface area contributed by atoms with Crippen molar-refractivity contribution in [3.05, 3.63) is 46.9 Å². The van der Waals surface area contributed by atoms with Gasteiger partial charge >= 0.3 is 0 Å². The monoisotopic (exact) mass is 287 g/mol. The summed E-state index contributed by atoms with van der Waals surface area (Å²) in [5, 5.41) is 0. The normalized spacial score (nSPS) is 20.5. The van der Waals surface area contributed by atoms with Crippen LogP contribution in [-0.4, -0.2) is 53.0 Å². The Labute approximate surface area is 124 Å². The highest BCUT2D eigenvalue weighted by atomic mass is 16.2. The number of pyridine rings is 1. The van der Waals surface area contributed by atoms with Crippen LogP contribution < -0.4 is 5.56 Å². The maximum Gasteiger partial charge on any atom is 0.270 e. The maximum atomic E-state index is 12.5. The number of likely N-dealkylation sites (tertiary alicyclic amines) is 2. The van der Waals surface area contributed by atoms with Crippen LogP contribution in [0.15, 0.2) is 35.6 Å². The van der Waals surface area contributed by atoms with Crippen molar-refractivity contribution in [3.63, 3.8) is 0 Å². The van der Waals surface area contributed by atoms with Crippen LogP contribution in [0.3, 0.4) is 0 Å². The van der Waals surface area contributed by atoms with E-state index in [1.54, 1.807) is 19.2 Å². The van der Waals surface area contributed by atoms with Crippen molar-refractivity contribution in [2.75, 3.05) is 32.7 Å². The fraction of sp³-hybridized carbons (Fsp3) is 0.500. The Bertz CT molecular complexity index is 629. The second kappa shape index (κ2) is 5.15. The Morgan fingerprint density at radius 3 is 2.86 bits per heavy atom. The lowest BCUT2D eigenvalue weighted by Gasteiger charge is -2.48. The average Bonchev–Trinajstić information content (AvgIpc) is 2.84. The third-order valence-corrected chi connectivity index (χ3v) is 4.65.